The van der Waals surface area contributed by atoms with Crippen LogP contribution < -0.4 is 0 Å². The molecule has 0 spiro atoms. The van der Waals surface area contributed by atoms with Crippen LogP contribution in [0.1, 0.15) is 77.0 Å². The Morgan fingerprint density at radius 2 is 1.50 bits per heavy atom. The van der Waals surface area contributed by atoms with Crippen LogP contribution in [0.2, 0.25) is 0 Å². The standard InChI is InChI=1S/C17H27NO2/c19-17(13-14-11-12-14)20-18(15-7-3-1-4-8-15)16-9-5-2-6-10-16/h11,15-16H,1-10,12-13H2. The molecule has 20 heavy (non-hydrogen) atoms. The van der Waals surface area contributed by atoms with E-state index in [0.717, 1.165) is 6.42 Å². The average molecular weight is 277 g/mol. The molecule has 2 fully saturated rings. The van der Waals surface area contributed by atoms with E-state index in [1.807, 2.05) is 0 Å². The van der Waals surface area contributed by atoms with Gasteiger partial charge in [0.05, 0.1) is 6.42 Å². The molecule has 0 aliphatic heterocycles. The Kier molecular flexibility index (Phi) is 4.77. The Hall–Kier alpha value is -0.830. The van der Waals surface area contributed by atoms with E-state index in [1.165, 1.54) is 69.8 Å². The lowest BCUT2D eigenvalue weighted by Crippen LogP contribution is -2.46. The van der Waals surface area contributed by atoms with E-state index in [2.05, 4.69) is 11.1 Å². The van der Waals surface area contributed by atoms with Crippen LogP contribution in [-0.4, -0.2) is 23.1 Å². The summed E-state index contributed by atoms with van der Waals surface area (Å²) in [5, 5.41) is 2.13. The molecule has 0 radical (unpaired) electrons. The van der Waals surface area contributed by atoms with Gasteiger partial charge in [0.2, 0.25) is 0 Å². The predicted molar refractivity (Wildman–Crippen MR) is 79.0 cm³/mol. The maximum atomic E-state index is 12.1. The lowest BCUT2D eigenvalue weighted by molar-refractivity contribution is -0.222. The van der Waals surface area contributed by atoms with E-state index >= 15 is 0 Å². The topological polar surface area (TPSA) is 29.5 Å². The molecule has 0 heterocycles. The van der Waals surface area contributed by atoms with Gasteiger partial charge >= 0.3 is 5.97 Å². The summed E-state index contributed by atoms with van der Waals surface area (Å²) in [5.74, 6) is -0.0371. The van der Waals surface area contributed by atoms with Crippen molar-refractivity contribution in [2.75, 3.05) is 0 Å². The molecule has 3 aliphatic carbocycles. The summed E-state index contributed by atoms with van der Waals surface area (Å²) in [5.41, 5.74) is 1.25. The van der Waals surface area contributed by atoms with Crippen LogP contribution in [0.4, 0.5) is 0 Å². The van der Waals surface area contributed by atoms with Crippen molar-refractivity contribution in [3.63, 3.8) is 0 Å². The predicted octanol–water partition coefficient (Wildman–Crippen LogP) is 4.13. The number of carbonyl (C=O) groups excluding carboxylic acids is 1. The van der Waals surface area contributed by atoms with Gasteiger partial charge in [0.1, 0.15) is 0 Å². The molecule has 3 aliphatic rings. The maximum absolute atomic E-state index is 12.1. The molecule has 3 heteroatoms. The maximum Gasteiger partial charge on any atom is 0.329 e. The highest BCUT2D eigenvalue weighted by Gasteiger charge is 2.32. The fraction of sp³-hybridized carbons (Fsp3) is 0.824. The van der Waals surface area contributed by atoms with E-state index < -0.39 is 0 Å². The van der Waals surface area contributed by atoms with Crippen molar-refractivity contribution in [1.82, 2.24) is 5.06 Å². The number of hydroxylamine groups is 2. The number of nitrogens with zero attached hydrogens (tertiary/aromatic N) is 1. The molecule has 2 saturated carbocycles. The van der Waals surface area contributed by atoms with Crippen molar-refractivity contribution in [2.24, 2.45) is 0 Å². The molecular formula is C17H27NO2. The zero-order valence-corrected chi connectivity index (χ0v) is 12.5. The number of rotatable bonds is 5. The molecule has 0 N–H and O–H groups in total. The van der Waals surface area contributed by atoms with Gasteiger partial charge in [0.25, 0.3) is 0 Å². The first kappa shape index (κ1) is 14.1. The van der Waals surface area contributed by atoms with Crippen LogP contribution in [0, 0.1) is 0 Å². The Balaban J connectivity index is 1.61. The zero-order valence-electron chi connectivity index (χ0n) is 12.5. The Morgan fingerprint density at radius 1 is 1.00 bits per heavy atom. The summed E-state index contributed by atoms with van der Waals surface area (Å²) >= 11 is 0. The van der Waals surface area contributed by atoms with Gasteiger partial charge in [-0.1, -0.05) is 50.2 Å². The van der Waals surface area contributed by atoms with E-state index in [1.54, 1.807) is 0 Å². The van der Waals surface area contributed by atoms with Crippen LogP contribution >= 0.6 is 0 Å². The van der Waals surface area contributed by atoms with Gasteiger partial charge < -0.3 is 4.84 Å². The molecule has 0 aromatic heterocycles. The summed E-state index contributed by atoms with van der Waals surface area (Å²) in [6, 6.07) is 0.952. The van der Waals surface area contributed by atoms with Crippen molar-refractivity contribution in [2.45, 2.75) is 89.1 Å². The molecule has 3 nitrogen and oxygen atoms in total. The van der Waals surface area contributed by atoms with Crippen LogP contribution in [0.15, 0.2) is 11.6 Å². The number of hydrogen-bond donors (Lipinski definition) is 0. The summed E-state index contributed by atoms with van der Waals surface area (Å²) in [6.45, 7) is 0. The summed E-state index contributed by atoms with van der Waals surface area (Å²) in [6.07, 6.45) is 16.3. The minimum Gasteiger partial charge on any atom is -0.367 e. The van der Waals surface area contributed by atoms with Crippen molar-refractivity contribution < 1.29 is 9.63 Å². The second-order valence-corrected chi connectivity index (χ2v) is 6.65. The van der Waals surface area contributed by atoms with Crippen molar-refractivity contribution >= 4 is 5.97 Å². The van der Waals surface area contributed by atoms with Crippen LogP contribution in [0.25, 0.3) is 0 Å². The molecule has 112 valence electrons. The van der Waals surface area contributed by atoms with Gasteiger partial charge in [0.15, 0.2) is 0 Å². The normalized spacial score (nSPS) is 24.6. The van der Waals surface area contributed by atoms with Crippen LogP contribution in [-0.2, 0) is 9.63 Å². The zero-order chi connectivity index (χ0) is 13.8. The van der Waals surface area contributed by atoms with E-state index in [0.29, 0.717) is 18.5 Å². The highest BCUT2D eigenvalue weighted by Crippen LogP contribution is 2.31. The average Bonchev–Trinajstić information content (AvgIpc) is 3.30. The van der Waals surface area contributed by atoms with E-state index in [-0.39, 0.29) is 5.97 Å². The third-order valence-corrected chi connectivity index (χ3v) is 4.94. The Morgan fingerprint density at radius 3 is 1.95 bits per heavy atom. The van der Waals surface area contributed by atoms with Crippen molar-refractivity contribution in [3.05, 3.63) is 11.6 Å². The van der Waals surface area contributed by atoms with Crippen molar-refractivity contribution in [1.29, 1.82) is 0 Å². The second-order valence-electron chi connectivity index (χ2n) is 6.65. The smallest absolute Gasteiger partial charge is 0.329 e. The molecule has 3 rings (SSSR count). The molecule has 0 aromatic rings. The van der Waals surface area contributed by atoms with Gasteiger partial charge in [-0.2, -0.15) is 0 Å². The number of carbonyl (C=O) groups is 1. The third kappa shape index (κ3) is 3.85. The van der Waals surface area contributed by atoms with Gasteiger partial charge in [0, 0.05) is 12.1 Å². The first-order valence-electron chi connectivity index (χ1n) is 8.50. The molecule has 0 amide bonds. The molecule has 0 bridgehead atoms. The molecule has 0 saturated heterocycles. The van der Waals surface area contributed by atoms with Gasteiger partial charge in [-0.15, -0.1) is 5.06 Å². The fourth-order valence-electron chi connectivity index (χ4n) is 3.67. The summed E-state index contributed by atoms with van der Waals surface area (Å²) < 4.78 is 0. The lowest BCUT2D eigenvalue weighted by atomic mass is 9.90. The van der Waals surface area contributed by atoms with E-state index in [9.17, 15) is 4.79 Å². The second kappa shape index (κ2) is 6.75. The number of allylic oxidation sites excluding steroid dienone is 1. The quantitative estimate of drug-likeness (QED) is 0.559. The monoisotopic (exact) mass is 277 g/mol. The molecular weight excluding hydrogens is 250 g/mol. The Bertz CT molecular complexity index is 347. The SMILES string of the molecule is O=C(CC1=CC1)ON(C1CCCCC1)C1CCCCC1. The highest BCUT2D eigenvalue weighted by atomic mass is 16.7. The fourth-order valence-corrected chi connectivity index (χ4v) is 3.67. The third-order valence-electron chi connectivity index (χ3n) is 4.94. The molecule has 0 aromatic carbocycles. The first-order chi connectivity index (χ1) is 9.83. The van der Waals surface area contributed by atoms with Crippen LogP contribution in [0.3, 0.4) is 0 Å². The highest BCUT2D eigenvalue weighted by molar-refractivity contribution is 5.73. The molecule has 0 atom stereocenters. The van der Waals surface area contributed by atoms with Gasteiger partial charge in [-0.05, 0) is 32.1 Å². The largest absolute Gasteiger partial charge is 0.367 e. The van der Waals surface area contributed by atoms with E-state index in [4.69, 9.17) is 4.84 Å². The van der Waals surface area contributed by atoms with Crippen LogP contribution in [0.5, 0.6) is 0 Å². The van der Waals surface area contributed by atoms with Crippen molar-refractivity contribution in [3.8, 4) is 0 Å². The minimum atomic E-state index is -0.0371. The lowest BCUT2D eigenvalue weighted by Gasteiger charge is -2.39. The first-order valence-corrected chi connectivity index (χ1v) is 8.50. The van der Waals surface area contributed by atoms with Gasteiger partial charge in [-0.25, -0.2) is 0 Å². The Labute approximate surface area is 122 Å². The summed E-state index contributed by atoms with van der Waals surface area (Å²) in [7, 11) is 0. The minimum absolute atomic E-state index is 0.0371. The summed E-state index contributed by atoms with van der Waals surface area (Å²) in [4.78, 5) is 17.9. The number of hydrogen-bond acceptors (Lipinski definition) is 3. The van der Waals surface area contributed by atoms with Gasteiger partial charge in [-0.3, -0.25) is 4.79 Å². The molecule has 0 unspecified atom stereocenters.